The summed E-state index contributed by atoms with van der Waals surface area (Å²) in [5.74, 6) is -0.969. The van der Waals surface area contributed by atoms with Gasteiger partial charge < -0.3 is 20.4 Å². The number of hydrogen-bond donors (Lipinski definition) is 3. The van der Waals surface area contributed by atoms with Crippen molar-refractivity contribution in [1.82, 2.24) is 10.6 Å². The Labute approximate surface area is 352 Å². The zero-order valence-corrected chi connectivity index (χ0v) is 34.3. The molecule has 0 saturated carbocycles. The van der Waals surface area contributed by atoms with E-state index in [0.717, 1.165) is 41.2 Å². The molecule has 0 aliphatic carbocycles. The van der Waals surface area contributed by atoms with Gasteiger partial charge in [-0.15, -0.1) is 0 Å². The maximum Gasteiger partial charge on any atom is 1.00 e. The van der Waals surface area contributed by atoms with Crippen molar-refractivity contribution in [3.63, 3.8) is 0 Å². The van der Waals surface area contributed by atoms with Crippen LogP contribution in [0.4, 0.5) is 37.7 Å². The molecule has 0 radical (unpaired) electrons. The fraction of sp³-hybridized carbons (Fsp3) is 0.316. The van der Waals surface area contributed by atoms with E-state index >= 15 is 0 Å². The summed E-state index contributed by atoms with van der Waals surface area (Å²) in [5, 5.41) is 25.6. The first-order valence-corrected chi connectivity index (χ1v) is 16.2. The first-order chi connectivity index (χ1) is 24.0. The van der Waals surface area contributed by atoms with Crippen molar-refractivity contribution >= 4 is 44.3 Å². The number of nitriles is 1. The van der Waals surface area contributed by atoms with E-state index in [9.17, 15) is 41.5 Å². The molecule has 4 aromatic rings. The summed E-state index contributed by atoms with van der Waals surface area (Å²) < 4.78 is 76.0. The van der Waals surface area contributed by atoms with E-state index in [1.165, 1.54) is 24.3 Å². The molecule has 0 amide bonds. The number of nitrogens with one attached hydrogen (secondary N) is 2. The predicted molar refractivity (Wildman–Crippen MR) is 205 cm³/mol. The molecule has 2 saturated heterocycles. The Hall–Kier alpha value is -3.40. The number of benzene rings is 4. The minimum atomic E-state index is -4.39. The standard InChI is InChI=1S/C19H18F3N3.C19H19F3N2O2.Na.H2O.2H2S/c1-14(15-7-9-16(10-8-15)19(20,21)22)24-18(11-23)12-25(13-18)17-5-3-2-4-6-17;1-13(14-7-9-15(10-8-14)19(20,21)22)23-18(17(25)26)11-24(12-18)16-5-3-2-4-6-16;;;;/h2-10,14,24H,12-13H2,1H3;2-10,13,23H,11-12H2,1H3,(H,25,26);;3*1H2/q;;+1;;;/p-1/t14-;13-;;;;/m00..../s1. The molecule has 2 fully saturated rings. The first kappa shape index (κ1) is 49.6. The zero-order valence-electron chi connectivity index (χ0n) is 30.3. The van der Waals surface area contributed by atoms with Gasteiger partial charge in [0, 0.05) is 36.5 Å². The van der Waals surface area contributed by atoms with Gasteiger partial charge in [0.15, 0.2) is 5.54 Å². The van der Waals surface area contributed by atoms with Gasteiger partial charge in [0.1, 0.15) is 5.54 Å². The van der Waals surface area contributed by atoms with Gasteiger partial charge in [-0.2, -0.15) is 58.6 Å². The van der Waals surface area contributed by atoms with Crippen molar-refractivity contribution in [3.8, 4) is 6.07 Å². The van der Waals surface area contributed by atoms with Gasteiger partial charge in [-0.05, 0) is 73.5 Å². The maximum atomic E-state index is 12.7. The van der Waals surface area contributed by atoms with E-state index < -0.39 is 46.6 Å². The topological polar surface area (TPSA) is 122 Å². The van der Waals surface area contributed by atoms with Crippen LogP contribution < -0.4 is 50.0 Å². The molecule has 292 valence electrons. The van der Waals surface area contributed by atoms with Gasteiger partial charge in [-0.1, -0.05) is 60.7 Å². The number of carbonyl (C=O) groups is 1. The number of rotatable bonds is 9. The summed E-state index contributed by atoms with van der Waals surface area (Å²) in [7, 11) is 0. The molecule has 55 heavy (non-hydrogen) atoms. The van der Waals surface area contributed by atoms with Crippen molar-refractivity contribution in [1.29, 1.82) is 5.26 Å². The van der Waals surface area contributed by atoms with Crippen LogP contribution in [-0.4, -0.2) is 53.8 Å². The second-order valence-corrected chi connectivity index (χ2v) is 12.9. The summed E-state index contributed by atoms with van der Waals surface area (Å²) in [6.45, 7) is 5.26. The van der Waals surface area contributed by atoms with Crippen molar-refractivity contribution in [3.05, 3.63) is 131 Å². The van der Waals surface area contributed by atoms with Gasteiger partial charge in [-0.25, -0.2) is 0 Å². The molecule has 0 bridgehead atoms. The van der Waals surface area contributed by atoms with Gasteiger partial charge in [0.05, 0.1) is 30.3 Å². The van der Waals surface area contributed by atoms with E-state index in [0.29, 0.717) is 18.7 Å². The van der Waals surface area contributed by atoms with Crippen molar-refractivity contribution in [2.24, 2.45) is 0 Å². The Morgan fingerprint density at radius 3 is 1.35 bits per heavy atom. The smallest absolute Gasteiger partial charge is 0.870 e. The minimum Gasteiger partial charge on any atom is -0.870 e. The second kappa shape index (κ2) is 20.1. The average Bonchev–Trinajstić information content (AvgIpc) is 3.07. The van der Waals surface area contributed by atoms with E-state index in [1.807, 2.05) is 72.5 Å². The number of hydrogen-bond acceptors (Lipinski definition) is 7. The number of carboxylic acids is 1. The van der Waals surface area contributed by atoms with E-state index in [-0.39, 0.29) is 81.2 Å². The van der Waals surface area contributed by atoms with Gasteiger partial charge in [0.25, 0.3) is 0 Å². The molecule has 0 aromatic heterocycles. The molecule has 17 heteroatoms. The van der Waals surface area contributed by atoms with E-state index in [2.05, 4.69) is 21.6 Å². The molecule has 6 rings (SSSR count). The number of nitrogens with zero attached hydrogens (tertiary/aromatic N) is 3. The second-order valence-electron chi connectivity index (χ2n) is 12.9. The maximum absolute atomic E-state index is 12.7. The molecule has 0 spiro atoms. The molecule has 2 heterocycles. The SMILES string of the molecule is C[C@H](NC1(C#N)CN(c2ccccc2)C1)c1ccc(C(F)(F)F)cc1.C[C@H](NC1(C(=O)O)CN(c2ccccc2)C1)c1ccc(C(F)(F)F)cc1.S.S.[Na+].[OH-]. The van der Waals surface area contributed by atoms with Crippen molar-refractivity contribution in [2.45, 2.75) is 49.4 Å². The molecule has 8 nitrogen and oxygen atoms in total. The molecule has 4 aromatic carbocycles. The van der Waals surface area contributed by atoms with Gasteiger partial charge in [-0.3, -0.25) is 15.4 Å². The minimum absolute atomic E-state index is 0. The fourth-order valence-corrected chi connectivity index (χ4v) is 6.25. The number of carboxylic acid groups (broad SMARTS) is 1. The molecular formula is C38H42F6N5NaO3S2. The summed E-state index contributed by atoms with van der Waals surface area (Å²) in [6.07, 6.45) is -8.73. The Balaban J connectivity index is 0.000000513. The van der Waals surface area contributed by atoms with Crippen LogP contribution >= 0.6 is 27.0 Å². The Kier molecular flexibility index (Phi) is 18.2. The van der Waals surface area contributed by atoms with E-state index in [1.54, 1.807) is 6.92 Å². The molecular weight excluding hydrogens is 776 g/mol. The number of halogens is 6. The van der Waals surface area contributed by atoms with Crippen LogP contribution in [0.25, 0.3) is 0 Å². The average molecular weight is 818 g/mol. The summed E-state index contributed by atoms with van der Waals surface area (Å²) in [6, 6.07) is 30.8. The summed E-state index contributed by atoms with van der Waals surface area (Å²) >= 11 is 0. The number of aliphatic carboxylic acids is 1. The van der Waals surface area contributed by atoms with Crippen LogP contribution in [-0.2, 0) is 17.1 Å². The Bertz CT molecular complexity index is 1820. The molecule has 2 aliphatic heterocycles. The normalized spacial score (nSPS) is 16.2. The van der Waals surface area contributed by atoms with Crippen LogP contribution in [0, 0.1) is 11.3 Å². The third kappa shape index (κ3) is 12.0. The van der Waals surface area contributed by atoms with Crippen LogP contribution in [0.2, 0.25) is 0 Å². The van der Waals surface area contributed by atoms with Gasteiger partial charge in [0.2, 0.25) is 0 Å². The Morgan fingerprint density at radius 1 is 0.673 bits per heavy atom. The van der Waals surface area contributed by atoms with Crippen LogP contribution in [0.5, 0.6) is 0 Å². The van der Waals surface area contributed by atoms with Crippen LogP contribution in [0.15, 0.2) is 109 Å². The van der Waals surface area contributed by atoms with Crippen LogP contribution in [0.1, 0.15) is 48.2 Å². The largest absolute Gasteiger partial charge is 1.00 e. The molecule has 0 unspecified atom stereocenters. The molecule has 2 aliphatic rings. The number of para-hydroxylation sites is 2. The third-order valence-electron chi connectivity index (χ3n) is 9.17. The third-order valence-corrected chi connectivity index (χ3v) is 9.17. The van der Waals surface area contributed by atoms with Gasteiger partial charge >= 0.3 is 47.9 Å². The van der Waals surface area contributed by atoms with Crippen molar-refractivity contribution in [2.75, 3.05) is 36.0 Å². The summed E-state index contributed by atoms with van der Waals surface area (Å²) in [5.41, 5.74) is 0.108. The number of anilines is 2. The number of alkyl halides is 6. The zero-order chi connectivity index (χ0) is 37.0. The fourth-order valence-electron chi connectivity index (χ4n) is 6.25. The van der Waals surface area contributed by atoms with Crippen LogP contribution in [0.3, 0.4) is 0 Å². The quantitative estimate of drug-likeness (QED) is 0.162. The molecule has 2 atom stereocenters. The van der Waals surface area contributed by atoms with Crippen molar-refractivity contribution < 1.29 is 71.3 Å². The van der Waals surface area contributed by atoms with E-state index in [4.69, 9.17) is 0 Å². The monoisotopic (exact) mass is 817 g/mol. The Morgan fingerprint density at radius 2 is 1.02 bits per heavy atom. The first-order valence-electron chi connectivity index (χ1n) is 16.2. The summed E-state index contributed by atoms with van der Waals surface area (Å²) in [4.78, 5) is 15.8. The predicted octanol–water partition coefficient (Wildman–Crippen LogP) is 4.89. The molecule has 4 N–H and O–H groups in total.